The number of hydrogen-bond acceptors (Lipinski definition) is 2. The van der Waals surface area contributed by atoms with Crippen LogP contribution in [-0.4, -0.2) is 19.2 Å². The van der Waals surface area contributed by atoms with E-state index in [-0.39, 0.29) is 0 Å². The molecule has 0 amide bonds. The molecule has 2 aromatic rings. The number of H-pyrrole nitrogens is 1. The Morgan fingerprint density at radius 1 is 1.14 bits per heavy atom. The van der Waals surface area contributed by atoms with Gasteiger partial charge < -0.3 is 9.47 Å². The SMILES string of the molecule is COc1[nH]c(OC)c2c(I)cccc12. The molecule has 0 radical (unpaired) electrons. The molecule has 0 bridgehead atoms. The maximum atomic E-state index is 5.25. The number of hydrogen-bond donors (Lipinski definition) is 1. The van der Waals surface area contributed by atoms with E-state index >= 15 is 0 Å². The highest BCUT2D eigenvalue weighted by Gasteiger charge is 2.12. The first kappa shape index (κ1) is 9.64. The molecule has 4 heteroatoms. The zero-order valence-electron chi connectivity index (χ0n) is 7.93. The van der Waals surface area contributed by atoms with Gasteiger partial charge in [-0.15, -0.1) is 0 Å². The molecule has 0 saturated heterocycles. The molecular weight excluding hydrogens is 293 g/mol. The summed E-state index contributed by atoms with van der Waals surface area (Å²) in [4.78, 5) is 3.08. The first-order valence-corrected chi connectivity index (χ1v) is 5.24. The van der Waals surface area contributed by atoms with Gasteiger partial charge in [0.25, 0.3) is 0 Å². The minimum atomic E-state index is 0.746. The molecule has 0 aliphatic heterocycles. The maximum absolute atomic E-state index is 5.25. The summed E-state index contributed by atoms with van der Waals surface area (Å²) < 4.78 is 11.6. The summed E-state index contributed by atoms with van der Waals surface area (Å²) in [6, 6.07) is 6.05. The Hall–Kier alpha value is -0.910. The van der Waals surface area contributed by atoms with Crippen molar-refractivity contribution in [3.8, 4) is 11.8 Å². The number of nitrogens with one attached hydrogen (secondary N) is 1. The lowest BCUT2D eigenvalue weighted by atomic mass is 10.2. The molecule has 74 valence electrons. The number of fused-ring (bicyclic) bond motifs is 1. The van der Waals surface area contributed by atoms with E-state index in [1.165, 1.54) is 0 Å². The molecule has 2 rings (SSSR count). The highest BCUT2D eigenvalue weighted by Crippen LogP contribution is 2.35. The Morgan fingerprint density at radius 2 is 1.86 bits per heavy atom. The van der Waals surface area contributed by atoms with Gasteiger partial charge in [0.05, 0.1) is 19.6 Å². The van der Waals surface area contributed by atoms with Crippen molar-refractivity contribution in [1.29, 1.82) is 0 Å². The molecule has 0 spiro atoms. The van der Waals surface area contributed by atoms with Crippen LogP contribution >= 0.6 is 22.6 Å². The molecule has 1 N–H and O–H groups in total. The Morgan fingerprint density at radius 3 is 2.50 bits per heavy atom. The van der Waals surface area contributed by atoms with E-state index in [0.717, 1.165) is 26.1 Å². The van der Waals surface area contributed by atoms with Crippen molar-refractivity contribution in [1.82, 2.24) is 4.98 Å². The Balaban J connectivity index is 2.82. The van der Waals surface area contributed by atoms with Gasteiger partial charge >= 0.3 is 0 Å². The summed E-state index contributed by atoms with van der Waals surface area (Å²) in [7, 11) is 3.29. The van der Waals surface area contributed by atoms with E-state index in [0.29, 0.717) is 0 Å². The number of benzene rings is 1. The fourth-order valence-corrected chi connectivity index (χ4v) is 2.23. The second-order valence-corrected chi connectivity index (χ2v) is 4.02. The number of aromatic nitrogens is 1. The smallest absolute Gasteiger partial charge is 0.202 e. The van der Waals surface area contributed by atoms with Crippen molar-refractivity contribution in [3.63, 3.8) is 0 Å². The first-order chi connectivity index (χ1) is 6.77. The number of aromatic amines is 1. The van der Waals surface area contributed by atoms with Crippen LogP contribution in [0.15, 0.2) is 18.2 Å². The average molecular weight is 303 g/mol. The average Bonchev–Trinajstić information content (AvgIpc) is 2.57. The Labute approximate surface area is 95.5 Å². The molecule has 0 aliphatic carbocycles. The summed E-state index contributed by atoms with van der Waals surface area (Å²) in [6.45, 7) is 0. The molecule has 0 atom stereocenters. The third-order valence-electron chi connectivity index (χ3n) is 2.12. The van der Waals surface area contributed by atoms with Gasteiger partial charge in [-0.1, -0.05) is 6.07 Å². The third-order valence-corrected chi connectivity index (χ3v) is 3.02. The van der Waals surface area contributed by atoms with Crippen molar-refractivity contribution in [2.45, 2.75) is 0 Å². The molecule has 0 unspecified atom stereocenters. The Kier molecular flexibility index (Phi) is 2.54. The van der Waals surface area contributed by atoms with E-state index in [4.69, 9.17) is 9.47 Å². The first-order valence-electron chi connectivity index (χ1n) is 4.16. The predicted octanol–water partition coefficient (Wildman–Crippen LogP) is 2.79. The van der Waals surface area contributed by atoms with Crippen LogP contribution in [0.25, 0.3) is 10.8 Å². The van der Waals surface area contributed by atoms with Gasteiger partial charge in [0, 0.05) is 8.96 Å². The van der Waals surface area contributed by atoms with Crippen molar-refractivity contribution >= 4 is 33.4 Å². The number of methoxy groups -OCH3 is 2. The van der Waals surface area contributed by atoms with E-state index in [9.17, 15) is 0 Å². The van der Waals surface area contributed by atoms with Gasteiger partial charge in [-0.3, -0.25) is 4.98 Å². The van der Waals surface area contributed by atoms with Crippen molar-refractivity contribution in [2.24, 2.45) is 0 Å². The second-order valence-electron chi connectivity index (χ2n) is 2.85. The maximum Gasteiger partial charge on any atom is 0.202 e. The van der Waals surface area contributed by atoms with Crippen molar-refractivity contribution in [2.75, 3.05) is 14.2 Å². The van der Waals surface area contributed by atoms with Crippen LogP contribution in [-0.2, 0) is 0 Å². The summed E-state index contributed by atoms with van der Waals surface area (Å²) in [5.41, 5.74) is 0. The quantitative estimate of drug-likeness (QED) is 0.866. The van der Waals surface area contributed by atoms with Gasteiger partial charge in [-0.05, 0) is 34.7 Å². The zero-order chi connectivity index (χ0) is 10.1. The molecule has 0 fully saturated rings. The predicted molar refractivity (Wildman–Crippen MR) is 64.1 cm³/mol. The minimum Gasteiger partial charge on any atom is -0.482 e. The van der Waals surface area contributed by atoms with Crippen molar-refractivity contribution < 1.29 is 9.47 Å². The lowest BCUT2D eigenvalue weighted by Crippen LogP contribution is -1.84. The normalized spacial score (nSPS) is 10.5. The number of ether oxygens (including phenoxy) is 2. The molecule has 0 saturated carbocycles. The van der Waals surface area contributed by atoms with Crippen LogP contribution in [0.4, 0.5) is 0 Å². The lowest BCUT2D eigenvalue weighted by Gasteiger charge is -1.97. The summed E-state index contributed by atoms with van der Waals surface area (Å²) in [5, 5.41) is 2.13. The van der Waals surface area contributed by atoms with Crippen molar-refractivity contribution in [3.05, 3.63) is 21.8 Å². The molecule has 0 aliphatic rings. The topological polar surface area (TPSA) is 34.2 Å². The molecule has 3 nitrogen and oxygen atoms in total. The van der Waals surface area contributed by atoms with E-state index < -0.39 is 0 Å². The van der Waals surface area contributed by atoms with Crippen LogP contribution in [0.2, 0.25) is 0 Å². The second kappa shape index (κ2) is 3.68. The molecular formula is C10H10INO2. The van der Waals surface area contributed by atoms with Crippen LogP contribution < -0.4 is 9.47 Å². The summed E-state index contributed by atoms with van der Waals surface area (Å²) >= 11 is 2.28. The van der Waals surface area contributed by atoms with Gasteiger partial charge in [0.1, 0.15) is 0 Å². The fourth-order valence-electron chi connectivity index (χ4n) is 1.49. The van der Waals surface area contributed by atoms with E-state index in [1.807, 2.05) is 18.2 Å². The van der Waals surface area contributed by atoms with E-state index in [2.05, 4.69) is 27.6 Å². The lowest BCUT2D eigenvalue weighted by molar-refractivity contribution is 0.377. The van der Waals surface area contributed by atoms with E-state index in [1.54, 1.807) is 14.2 Å². The van der Waals surface area contributed by atoms with Gasteiger partial charge in [0.15, 0.2) is 0 Å². The van der Waals surface area contributed by atoms with Gasteiger partial charge in [0.2, 0.25) is 11.8 Å². The molecule has 14 heavy (non-hydrogen) atoms. The van der Waals surface area contributed by atoms with Crippen LogP contribution in [0.5, 0.6) is 11.8 Å². The highest BCUT2D eigenvalue weighted by molar-refractivity contribution is 14.1. The third kappa shape index (κ3) is 1.33. The van der Waals surface area contributed by atoms with Gasteiger partial charge in [-0.2, -0.15) is 0 Å². The van der Waals surface area contributed by atoms with Gasteiger partial charge in [-0.25, -0.2) is 0 Å². The fraction of sp³-hybridized carbons (Fsp3) is 0.200. The summed E-state index contributed by atoms with van der Waals surface area (Å²) in [5.74, 6) is 1.50. The van der Waals surface area contributed by atoms with Crippen LogP contribution in [0.3, 0.4) is 0 Å². The van der Waals surface area contributed by atoms with Crippen LogP contribution in [0.1, 0.15) is 0 Å². The standard InChI is InChI=1S/C10H10INO2/c1-13-9-6-4-3-5-7(11)8(6)10(12-9)14-2/h3-5,12H,1-2H3. The minimum absolute atomic E-state index is 0.746. The van der Waals surface area contributed by atoms with Crippen LogP contribution in [0, 0.1) is 3.57 Å². The largest absolute Gasteiger partial charge is 0.482 e. The summed E-state index contributed by atoms with van der Waals surface area (Å²) in [6.07, 6.45) is 0. The zero-order valence-corrected chi connectivity index (χ0v) is 10.1. The highest BCUT2D eigenvalue weighted by atomic mass is 127. The number of rotatable bonds is 2. The monoisotopic (exact) mass is 303 g/mol. The number of halogens is 1. The molecule has 1 aromatic carbocycles. The Bertz CT molecular complexity index is 464. The molecule has 1 heterocycles. The molecule has 1 aromatic heterocycles.